The number of halogens is 2. The fourth-order valence-corrected chi connectivity index (χ4v) is 1.69. The fraction of sp³-hybridized carbons (Fsp3) is 0.455. The first-order valence-corrected chi connectivity index (χ1v) is 4.92. The Morgan fingerprint density at radius 3 is 2.27 bits per heavy atom. The number of hydrogen-bond donors (Lipinski definition) is 2. The van der Waals surface area contributed by atoms with Gasteiger partial charge in [-0.05, 0) is 18.6 Å². The zero-order valence-corrected chi connectivity index (χ0v) is 8.63. The number of rotatable bonds is 4. The van der Waals surface area contributed by atoms with E-state index in [1.54, 1.807) is 0 Å². The number of nitrogens with two attached hydrogens (primary N) is 1. The molecule has 0 bridgehead atoms. The van der Waals surface area contributed by atoms with E-state index in [0.717, 1.165) is 12.1 Å². The maximum atomic E-state index is 13.4. The van der Waals surface area contributed by atoms with Crippen LogP contribution in [0.15, 0.2) is 18.2 Å². The highest BCUT2D eigenvalue weighted by molar-refractivity contribution is 5.26. The van der Waals surface area contributed by atoms with Crippen molar-refractivity contribution >= 4 is 0 Å². The summed E-state index contributed by atoms with van der Waals surface area (Å²) < 4.78 is 26.8. The zero-order valence-electron chi connectivity index (χ0n) is 8.63. The van der Waals surface area contributed by atoms with Gasteiger partial charge in [0, 0.05) is 6.54 Å². The molecule has 84 valence electrons. The minimum absolute atomic E-state index is 0.196. The van der Waals surface area contributed by atoms with Crippen molar-refractivity contribution < 1.29 is 13.9 Å². The summed E-state index contributed by atoms with van der Waals surface area (Å²) in [6, 6.07) is 3.50. The predicted molar refractivity (Wildman–Crippen MR) is 54.2 cm³/mol. The van der Waals surface area contributed by atoms with Crippen molar-refractivity contribution in [3.8, 4) is 0 Å². The molecular formula is C11H15F2NO. The Morgan fingerprint density at radius 2 is 1.87 bits per heavy atom. The molecule has 0 saturated heterocycles. The fourth-order valence-electron chi connectivity index (χ4n) is 1.69. The Hall–Kier alpha value is -1.00. The van der Waals surface area contributed by atoms with Crippen LogP contribution >= 0.6 is 0 Å². The van der Waals surface area contributed by atoms with Crippen LogP contribution in [0.25, 0.3) is 0 Å². The molecule has 1 rings (SSSR count). The Labute approximate surface area is 87.7 Å². The summed E-state index contributed by atoms with van der Waals surface area (Å²) >= 11 is 0. The summed E-state index contributed by atoms with van der Waals surface area (Å²) in [5.74, 6) is -1.51. The average Bonchev–Trinajstić information content (AvgIpc) is 2.18. The normalized spacial score (nSPS) is 15.0. The van der Waals surface area contributed by atoms with E-state index in [-0.39, 0.29) is 18.5 Å². The lowest BCUT2D eigenvalue weighted by atomic mass is 9.88. The maximum absolute atomic E-state index is 13.4. The second-order valence-corrected chi connectivity index (χ2v) is 3.58. The van der Waals surface area contributed by atoms with Gasteiger partial charge < -0.3 is 10.8 Å². The van der Waals surface area contributed by atoms with E-state index in [1.807, 2.05) is 6.92 Å². The van der Waals surface area contributed by atoms with Gasteiger partial charge in [-0.15, -0.1) is 0 Å². The van der Waals surface area contributed by atoms with Crippen LogP contribution < -0.4 is 5.73 Å². The second-order valence-electron chi connectivity index (χ2n) is 3.58. The molecule has 0 aliphatic carbocycles. The van der Waals surface area contributed by atoms with Crippen LogP contribution in [0.5, 0.6) is 0 Å². The van der Waals surface area contributed by atoms with E-state index in [9.17, 15) is 13.9 Å². The molecule has 1 aromatic carbocycles. The van der Waals surface area contributed by atoms with Crippen molar-refractivity contribution in [3.63, 3.8) is 0 Å². The van der Waals surface area contributed by atoms with Crippen molar-refractivity contribution in [1.82, 2.24) is 0 Å². The van der Waals surface area contributed by atoms with E-state index in [1.165, 1.54) is 6.07 Å². The minimum atomic E-state index is -1.61. The summed E-state index contributed by atoms with van der Waals surface area (Å²) in [5, 5.41) is 10.0. The van der Waals surface area contributed by atoms with Gasteiger partial charge in [-0.2, -0.15) is 0 Å². The summed E-state index contributed by atoms with van der Waals surface area (Å²) in [7, 11) is 0. The van der Waals surface area contributed by atoms with Crippen LogP contribution in [-0.4, -0.2) is 11.7 Å². The SMILES string of the molecule is CCCC(O)(CN)c1c(F)cccc1F. The van der Waals surface area contributed by atoms with Crippen LogP contribution in [0.3, 0.4) is 0 Å². The van der Waals surface area contributed by atoms with Crippen molar-refractivity contribution in [2.24, 2.45) is 5.73 Å². The molecule has 3 N–H and O–H groups in total. The molecular weight excluding hydrogens is 200 g/mol. The number of hydrogen-bond acceptors (Lipinski definition) is 2. The van der Waals surface area contributed by atoms with Crippen molar-refractivity contribution in [2.45, 2.75) is 25.4 Å². The lowest BCUT2D eigenvalue weighted by molar-refractivity contribution is 0.0286. The third-order valence-corrected chi connectivity index (χ3v) is 2.43. The first-order valence-electron chi connectivity index (χ1n) is 4.92. The molecule has 0 aliphatic heterocycles. The van der Waals surface area contributed by atoms with E-state index in [0.29, 0.717) is 6.42 Å². The van der Waals surface area contributed by atoms with Crippen LogP contribution in [0.4, 0.5) is 8.78 Å². The van der Waals surface area contributed by atoms with E-state index in [4.69, 9.17) is 5.73 Å². The first-order chi connectivity index (χ1) is 7.05. The number of aliphatic hydroxyl groups is 1. The Morgan fingerprint density at radius 1 is 1.33 bits per heavy atom. The molecule has 0 aromatic heterocycles. The third kappa shape index (κ3) is 2.33. The van der Waals surface area contributed by atoms with Crippen LogP contribution in [0, 0.1) is 11.6 Å². The highest BCUT2D eigenvalue weighted by atomic mass is 19.1. The minimum Gasteiger partial charge on any atom is -0.384 e. The lowest BCUT2D eigenvalue weighted by Gasteiger charge is -2.27. The second kappa shape index (κ2) is 4.68. The Balaban J connectivity index is 3.22. The van der Waals surface area contributed by atoms with Crippen molar-refractivity contribution in [3.05, 3.63) is 35.4 Å². The molecule has 0 fully saturated rings. The molecule has 1 atom stereocenters. The average molecular weight is 215 g/mol. The molecule has 15 heavy (non-hydrogen) atoms. The van der Waals surface area contributed by atoms with Gasteiger partial charge in [0.1, 0.15) is 17.2 Å². The molecule has 0 spiro atoms. The van der Waals surface area contributed by atoms with E-state index in [2.05, 4.69) is 0 Å². The van der Waals surface area contributed by atoms with E-state index < -0.39 is 17.2 Å². The van der Waals surface area contributed by atoms with Crippen LogP contribution in [0.1, 0.15) is 25.3 Å². The van der Waals surface area contributed by atoms with Crippen molar-refractivity contribution in [1.29, 1.82) is 0 Å². The summed E-state index contributed by atoms with van der Waals surface area (Å²) in [4.78, 5) is 0. The van der Waals surface area contributed by atoms with Gasteiger partial charge >= 0.3 is 0 Å². The molecule has 2 nitrogen and oxygen atoms in total. The van der Waals surface area contributed by atoms with Gasteiger partial charge in [0.2, 0.25) is 0 Å². The molecule has 0 aliphatic rings. The standard InChI is InChI=1S/C11H15F2NO/c1-2-6-11(15,7-14)10-8(12)4-3-5-9(10)13/h3-5,15H,2,6-7,14H2,1H3. The maximum Gasteiger partial charge on any atom is 0.132 e. The summed E-state index contributed by atoms with van der Waals surface area (Å²) in [6.45, 7) is 1.62. The third-order valence-electron chi connectivity index (χ3n) is 2.43. The lowest BCUT2D eigenvalue weighted by Crippen LogP contribution is -2.36. The first kappa shape index (κ1) is 12.1. The highest BCUT2D eigenvalue weighted by Crippen LogP contribution is 2.29. The van der Waals surface area contributed by atoms with Gasteiger partial charge in [0.15, 0.2) is 0 Å². The zero-order chi connectivity index (χ0) is 11.5. The molecule has 4 heteroatoms. The van der Waals surface area contributed by atoms with Gasteiger partial charge in [-0.3, -0.25) is 0 Å². The molecule has 1 unspecified atom stereocenters. The molecule has 1 aromatic rings. The largest absolute Gasteiger partial charge is 0.384 e. The van der Waals surface area contributed by atoms with Gasteiger partial charge in [-0.1, -0.05) is 19.4 Å². The molecule has 0 radical (unpaired) electrons. The summed E-state index contributed by atoms with van der Waals surface area (Å²) in [6.07, 6.45) is 0.836. The van der Waals surface area contributed by atoms with Crippen LogP contribution in [0.2, 0.25) is 0 Å². The molecule has 0 saturated carbocycles. The number of benzene rings is 1. The van der Waals surface area contributed by atoms with Crippen molar-refractivity contribution in [2.75, 3.05) is 6.54 Å². The molecule has 0 amide bonds. The topological polar surface area (TPSA) is 46.2 Å². The van der Waals surface area contributed by atoms with Gasteiger partial charge in [0.05, 0.1) is 5.56 Å². The van der Waals surface area contributed by atoms with E-state index >= 15 is 0 Å². The quantitative estimate of drug-likeness (QED) is 0.806. The van der Waals surface area contributed by atoms with Gasteiger partial charge in [0.25, 0.3) is 0 Å². The summed E-state index contributed by atoms with van der Waals surface area (Å²) in [5.41, 5.74) is 3.45. The predicted octanol–water partition coefficient (Wildman–Crippen LogP) is 1.91. The smallest absolute Gasteiger partial charge is 0.132 e. The molecule has 0 heterocycles. The Kier molecular flexibility index (Phi) is 3.77. The van der Waals surface area contributed by atoms with Crippen LogP contribution in [-0.2, 0) is 5.60 Å². The Bertz CT molecular complexity index is 323. The monoisotopic (exact) mass is 215 g/mol. The highest BCUT2D eigenvalue weighted by Gasteiger charge is 2.32. The van der Waals surface area contributed by atoms with Gasteiger partial charge in [-0.25, -0.2) is 8.78 Å².